The Morgan fingerprint density at radius 1 is 1.15 bits per heavy atom. The van der Waals surface area contributed by atoms with Crippen LogP contribution in [0.3, 0.4) is 0 Å². The van der Waals surface area contributed by atoms with Gasteiger partial charge in [-0.15, -0.1) is 0 Å². The van der Waals surface area contributed by atoms with Crippen molar-refractivity contribution in [3.05, 3.63) is 65.5 Å². The summed E-state index contributed by atoms with van der Waals surface area (Å²) >= 11 is 0. The summed E-state index contributed by atoms with van der Waals surface area (Å²) in [5.41, 5.74) is 3.64. The molecule has 0 bridgehead atoms. The molecule has 1 heterocycles. The molecule has 0 spiro atoms. The van der Waals surface area contributed by atoms with E-state index in [9.17, 15) is 5.11 Å². The van der Waals surface area contributed by atoms with Crippen LogP contribution in [0.4, 0.5) is 0 Å². The van der Waals surface area contributed by atoms with Crippen LogP contribution in [0.1, 0.15) is 16.8 Å². The Morgan fingerprint density at radius 2 is 1.95 bits per heavy atom. The molecule has 0 radical (unpaired) electrons. The first-order valence-corrected chi connectivity index (χ1v) is 7.05. The molecule has 0 saturated carbocycles. The lowest BCUT2D eigenvalue weighted by molar-refractivity contribution is 0.220. The second kappa shape index (κ2) is 7.78. The summed E-state index contributed by atoms with van der Waals surface area (Å²) in [7, 11) is 0. The van der Waals surface area contributed by atoms with E-state index in [0.717, 1.165) is 25.2 Å². The van der Waals surface area contributed by atoms with E-state index in [-0.39, 0.29) is 12.5 Å². The SMILES string of the molecule is Cc1ccccc1CNCC(CO)Cc1ccccn1. The lowest BCUT2D eigenvalue weighted by atomic mass is 10.0. The number of rotatable bonds is 7. The molecule has 2 rings (SSSR count). The molecule has 1 aromatic carbocycles. The van der Waals surface area contributed by atoms with Crippen molar-refractivity contribution in [2.75, 3.05) is 13.2 Å². The minimum atomic E-state index is 0.178. The molecule has 0 amide bonds. The van der Waals surface area contributed by atoms with Gasteiger partial charge in [-0.3, -0.25) is 4.98 Å². The van der Waals surface area contributed by atoms with Crippen molar-refractivity contribution >= 4 is 0 Å². The Bertz CT molecular complexity index is 513. The zero-order valence-corrected chi connectivity index (χ0v) is 11.9. The van der Waals surface area contributed by atoms with Gasteiger partial charge < -0.3 is 10.4 Å². The number of aryl methyl sites for hydroxylation is 1. The molecule has 1 unspecified atom stereocenters. The van der Waals surface area contributed by atoms with Crippen LogP contribution >= 0.6 is 0 Å². The number of hydrogen-bond acceptors (Lipinski definition) is 3. The van der Waals surface area contributed by atoms with Crippen LogP contribution in [-0.4, -0.2) is 23.2 Å². The highest BCUT2D eigenvalue weighted by Crippen LogP contribution is 2.08. The first kappa shape index (κ1) is 14.7. The molecule has 0 aliphatic heterocycles. The molecule has 3 nitrogen and oxygen atoms in total. The summed E-state index contributed by atoms with van der Waals surface area (Å²) in [4.78, 5) is 4.31. The highest BCUT2D eigenvalue weighted by Gasteiger charge is 2.09. The standard InChI is InChI=1S/C17H22N2O/c1-14-6-2-3-7-16(14)12-18-11-15(13-20)10-17-8-4-5-9-19-17/h2-9,15,18,20H,10-13H2,1H3. The quantitative estimate of drug-likeness (QED) is 0.811. The van der Waals surface area contributed by atoms with Crippen molar-refractivity contribution in [3.8, 4) is 0 Å². The third-order valence-electron chi connectivity index (χ3n) is 3.49. The van der Waals surface area contributed by atoms with Crippen molar-refractivity contribution in [2.24, 2.45) is 5.92 Å². The fourth-order valence-corrected chi connectivity index (χ4v) is 2.24. The molecule has 3 heteroatoms. The predicted molar refractivity (Wildman–Crippen MR) is 81.4 cm³/mol. The number of aliphatic hydroxyl groups is 1. The minimum absolute atomic E-state index is 0.178. The van der Waals surface area contributed by atoms with Crippen LogP contribution in [0.25, 0.3) is 0 Å². The number of pyridine rings is 1. The van der Waals surface area contributed by atoms with Crippen LogP contribution in [0.5, 0.6) is 0 Å². The normalized spacial score (nSPS) is 12.3. The van der Waals surface area contributed by atoms with Gasteiger partial charge in [0, 0.05) is 31.6 Å². The van der Waals surface area contributed by atoms with E-state index in [1.165, 1.54) is 11.1 Å². The van der Waals surface area contributed by atoms with Crippen molar-refractivity contribution in [1.82, 2.24) is 10.3 Å². The molecular weight excluding hydrogens is 248 g/mol. The van der Waals surface area contributed by atoms with Gasteiger partial charge in [0.15, 0.2) is 0 Å². The highest BCUT2D eigenvalue weighted by atomic mass is 16.3. The number of nitrogens with one attached hydrogen (secondary N) is 1. The maximum Gasteiger partial charge on any atom is 0.0475 e. The molecule has 1 atom stereocenters. The summed E-state index contributed by atoms with van der Waals surface area (Å²) in [6.45, 7) is 3.93. The molecule has 1 aromatic heterocycles. The summed E-state index contributed by atoms with van der Waals surface area (Å²) in [5.74, 6) is 0.203. The lowest BCUT2D eigenvalue weighted by Crippen LogP contribution is -2.27. The van der Waals surface area contributed by atoms with Crippen molar-refractivity contribution in [2.45, 2.75) is 19.9 Å². The number of hydrogen-bond donors (Lipinski definition) is 2. The molecule has 0 aliphatic rings. The summed E-state index contributed by atoms with van der Waals surface area (Å²) in [6, 6.07) is 14.3. The zero-order valence-electron chi connectivity index (χ0n) is 11.9. The molecule has 0 aliphatic carbocycles. The second-order valence-electron chi connectivity index (χ2n) is 5.13. The molecule has 0 saturated heterocycles. The summed E-state index contributed by atoms with van der Waals surface area (Å²) < 4.78 is 0. The fourth-order valence-electron chi connectivity index (χ4n) is 2.24. The predicted octanol–water partition coefficient (Wildman–Crippen LogP) is 2.33. The van der Waals surface area contributed by atoms with Gasteiger partial charge in [0.2, 0.25) is 0 Å². The number of nitrogens with zero attached hydrogens (tertiary/aromatic N) is 1. The first-order chi connectivity index (χ1) is 9.79. The topological polar surface area (TPSA) is 45.1 Å². The van der Waals surface area contributed by atoms with Crippen molar-refractivity contribution in [1.29, 1.82) is 0 Å². The van der Waals surface area contributed by atoms with E-state index in [4.69, 9.17) is 0 Å². The summed E-state index contributed by atoms with van der Waals surface area (Å²) in [5, 5.41) is 12.9. The van der Waals surface area contributed by atoms with E-state index in [2.05, 4.69) is 41.5 Å². The fraction of sp³-hybridized carbons (Fsp3) is 0.353. The molecule has 20 heavy (non-hydrogen) atoms. The Morgan fingerprint density at radius 3 is 2.65 bits per heavy atom. The van der Waals surface area contributed by atoms with Gasteiger partial charge in [0.05, 0.1) is 0 Å². The molecule has 0 fully saturated rings. The average molecular weight is 270 g/mol. The van der Waals surface area contributed by atoms with Crippen LogP contribution in [0.15, 0.2) is 48.7 Å². The van der Waals surface area contributed by atoms with Gasteiger partial charge in [-0.2, -0.15) is 0 Å². The lowest BCUT2D eigenvalue weighted by Gasteiger charge is -2.15. The van der Waals surface area contributed by atoms with E-state index in [0.29, 0.717) is 0 Å². The molecule has 2 aromatic rings. The monoisotopic (exact) mass is 270 g/mol. The molecule has 106 valence electrons. The minimum Gasteiger partial charge on any atom is -0.396 e. The second-order valence-corrected chi connectivity index (χ2v) is 5.13. The Hall–Kier alpha value is -1.71. The Kier molecular flexibility index (Phi) is 5.71. The highest BCUT2D eigenvalue weighted by molar-refractivity contribution is 5.25. The van der Waals surface area contributed by atoms with Crippen molar-refractivity contribution in [3.63, 3.8) is 0 Å². The van der Waals surface area contributed by atoms with Crippen LogP contribution in [0.2, 0.25) is 0 Å². The van der Waals surface area contributed by atoms with Crippen LogP contribution in [-0.2, 0) is 13.0 Å². The van der Waals surface area contributed by atoms with E-state index < -0.39 is 0 Å². The van der Waals surface area contributed by atoms with Gasteiger partial charge in [-0.05, 0) is 42.5 Å². The van der Waals surface area contributed by atoms with Gasteiger partial charge in [-0.25, -0.2) is 0 Å². The number of aromatic nitrogens is 1. The number of benzene rings is 1. The average Bonchev–Trinajstić information content (AvgIpc) is 2.49. The van der Waals surface area contributed by atoms with Crippen molar-refractivity contribution < 1.29 is 5.11 Å². The zero-order chi connectivity index (χ0) is 14.2. The third-order valence-corrected chi connectivity index (χ3v) is 3.49. The van der Waals surface area contributed by atoms with E-state index >= 15 is 0 Å². The largest absolute Gasteiger partial charge is 0.396 e. The maximum absolute atomic E-state index is 9.47. The number of aliphatic hydroxyl groups excluding tert-OH is 1. The van der Waals surface area contributed by atoms with Gasteiger partial charge in [0.25, 0.3) is 0 Å². The summed E-state index contributed by atoms with van der Waals surface area (Å²) in [6.07, 6.45) is 2.60. The Labute approximate surface area is 120 Å². The molecule has 2 N–H and O–H groups in total. The van der Waals surface area contributed by atoms with E-state index in [1.54, 1.807) is 6.20 Å². The van der Waals surface area contributed by atoms with Gasteiger partial charge in [-0.1, -0.05) is 30.3 Å². The van der Waals surface area contributed by atoms with Crippen LogP contribution < -0.4 is 5.32 Å². The molecular formula is C17H22N2O. The smallest absolute Gasteiger partial charge is 0.0475 e. The maximum atomic E-state index is 9.47. The Balaban J connectivity index is 1.81. The first-order valence-electron chi connectivity index (χ1n) is 7.05. The van der Waals surface area contributed by atoms with E-state index in [1.807, 2.05) is 18.2 Å². The van der Waals surface area contributed by atoms with Crippen LogP contribution in [0, 0.1) is 12.8 Å². The third kappa shape index (κ3) is 4.44. The van der Waals surface area contributed by atoms with Gasteiger partial charge in [0.1, 0.15) is 0 Å². The van der Waals surface area contributed by atoms with Gasteiger partial charge >= 0.3 is 0 Å².